The number of amides is 4. The van der Waals surface area contributed by atoms with Crippen molar-refractivity contribution in [2.45, 2.75) is 18.5 Å². The van der Waals surface area contributed by atoms with Crippen LogP contribution in [0.2, 0.25) is 0 Å². The smallest absolute Gasteiger partial charge is 0.274 e. The molecule has 0 aromatic carbocycles. The summed E-state index contributed by atoms with van der Waals surface area (Å²) in [5, 5.41) is 3.47. The second kappa shape index (κ2) is 2.27. The number of halogens is 1. The molecular weight excluding hydrogens is 179 g/mol. The van der Waals surface area contributed by atoms with Crippen molar-refractivity contribution in [1.82, 2.24) is 10.6 Å². The molecule has 2 fully saturated rings. The van der Waals surface area contributed by atoms with E-state index in [1.54, 1.807) is 10.6 Å². The lowest BCUT2D eigenvalue weighted by Gasteiger charge is -2.26. The van der Waals surface area contributed by atoms with Crippen LogP contribution < -0.4 is 10.6 Å². The Bertz CT molecular complexity index is 291. The lowest BCUT2D eigenvalue weighted by atomic mass is 9.96. The van der Waals surface area contributed by atoms with E-state index in [-0.39, 0.29) is 0 Å². The van der Waals surface area contributed by atoms with Gasteiger partial charge >= 0.3 is 6.03 Å². The Morgan fingerprint density at radius 2 is 1.62 bits per heavy atom. The number of carbonyl (C=O) groups is 3. The van der Waals surface area contributed by atoms with Gasteiger partial charge in [-0.15, -0.1) is 0 Å². The maximum absolute atomic E-state index is 13.7. The summed E-state index contributed by atoms with van der Waals surface area (Å²) in [7, 11) is 0. The van der Waals surface area contributed by atoms with Crippen LogP contribution in [-0.4, -0.2) is 23.5 Å². The quantitative estimate of drug-likeness (QED) is 0.540. The van der Waals surface area contributed by atoms with Crippen molar-refractivity contribution >= 4 is 17.8 Å². The normalized spacial score (nSPS) is 26.7. The Kier molecular flexibility index (Phi) is 1.43. The minimum atomic E-state index is -2.53. The number of rotatable bonds is 1. The number of alkyl halides is 1. The Labute approximate surface area is 72.7 Å². The highest BCUT2D eigenvalue weighted by molar-refractivity contribution is 6.21. The van der Waals surface area contributed by atoms with Crippen molar-refractivity contribution in [1.29, 1.82) is 0 Å². The predicted molar refractivity (Wildman–Crippen MR) is 38.2 cm³/mol. The number of hydrogen-bond acceptors (Lipinski definition) is 3. The molecule has 1 saturated heterocycles. The molecule has 0 aromatic rings. The SMILES string of the molecule is O=C1NC(=O)C(F)(C2CC2)C(=O)N1. The highest BCUT2D eigenvalue weighted by Gasteiger charge is 2.60. The van der Waals surface area contributed by atoms with Crippen molar-refractivity contribution < 1.29 is 18.8 Å². The zero-order chi connectivity index (χ0) is 9.64. The molecule has 2 aliphatic rings. The first-order valence-corrected chi connectivity index (χ1v) is 3.91. The van der Waals surface area contributed by atoms with Crippen LogP contribution in [0.1, 0.15) is 12.8 Å². The third kappa shape index (κ3) is 1.01. The van der Waals surface area contributed by atoms with E-state index >= 15 is 0 Å². The van der Waals surface area contributed by atoms with Gasteiger partial charge in [-0.1, -0.05) is 0 Å². The van der Waals surface area contributed by atoms with Crippen LogP contribution >= 0.6 is 0 Å². The van der Waals surface area contributed by atoms with Crippen molar-refractivity contribution in [3.05, 3.63) is 0 Å². The fourth-order valence-corrected chi connectivity index (χ4v) is 1.37. The van der Waals surface area contributed by atoms with Crippen molar-refractivity contribution in [2.24, 2.45) is 5.92 Å². The fourth-order valence-electron chi connectivity index (χ4n) is 1.37. The van der Waals surface area contributed by atoms with Gasteiger partial charge in [0.05, 0.1) is 0 Å². The molecule has 2 rings (SSSR count). The summed E-state index contributed by atoms with van der Waals surface area (Å²) in [5.41, 5.74) is -2.53. The van der Waals surface area contributed by atoms with Crippen LogP contribution in [0, 0.1) is 5.92 Å². The molecule has 4 amide bonds. The summed E-state index contributed by atoms with van der Waals surface area (Å²) in [4.78, 5) is 32.7. The van der Waals surface area contributed by atoms with Gasteiger partial charge in [0.15, 0.2) is 0 Å². The Morgan fingerprint density at radius 1 is 1.15 bits per heavy atom. The van der Waals surface area contributed by atoms with E-state index in [0.717, 1.165) is 0 Å². The molecule has 1 saturated carbocycles. The second-order valence-electron chi connectivity index (χ2n) is 3.22. The minimum Gasteiger partial charge on any atom is -0.274 e. The van der Waals surface area contributed by atoms with Gasteiger partial charge in [-0.2, -0.15) is 0 Å². The Hall–Kier alpha value is -1.46. The van der Waals surface area contributed by atoms with Gasteiger partial charge in [0.25, 0.3) is 17.5 Å². The van der Waals surface area contributed by atoms with Crippen molar-refractivity contribution in [2.75, 3.05) is 0 Å². The number of hydrogen-bond donors (Lipinski definition) is 2. The van der Waals surface area contributed by atoms with Gasteiger partial charge < -0.3 is 0 Å². The second-order valence-corrected chi connectivity index (χ2v) is 3.22. The Morgan fingerprint density at radius 3 is 2.00 bits per heavy atom. The lowest BCUT2D eigenvalue weighted by molar-refractivity contribution is -0.148. The average Bonchev–Trinajstić information content (AvgIpc) is 2.81. The molecule has 1 aliphatic heterocycles. The third-order valence-electron chi connectivity index (χ3n) is 2.25. The maximum atomic E-state index is 13.7. The Balaban J connectivity index is 2.30. The van der Waals surface area contributed by atoms with Crippen LogP contribution in [0.5, 0.6) is 0 Å². The zero-order valence-corrected chi connectivity index (χ0v) is 6.59. The topological polar surface area (TPSA) is 75.3 Å². The van der Waals surface area contributed by atoms with Crippen LogP contribution in [-0.2, 0) is 9.59 Å². The molecule has 0 bridgehead atoms. The molecule has 0 aromatic heterocycles. The lowest BCUT2D eigenvalue weighted by Crippen LogP contribution is -2.65. The molecule has 1 aliphatic carbocycles. The summed E-state index contributed by atoms with van der Waals surface area (Å²) in [6.07, 6.45) is 1.01. The van der Waals surface area contributed by atoms with E-state index in [1.165, 1.54) is 0 Å². The van der Waals surface area contributed by atoms with Crippen LogP contribution in [0.4, 0.5) is 9.18 Å². The number of imide groups is 2. The third-order valence-corrected chi connectivity index (χ3v) is 2.25. The van der Waals surface area contributed by atoms with Crippen molar-refractivity contribution in [3.8, 4) is 0 Å². The van der Waals surface area contributed by atoms with Crippen LogP contribution in [0.3, 0.4) is 0 Å². The standard InChI is InChI=1S/C7H7FN2O3/c8-7(3-1-2-3)4(11)9-6(13)10-5(7)12/h3H,1-2H2,(H2,9,10,11,12,13). The van der Waals surface area contributed by atoms with Gasteiger partial charge in [0, 0.05) is 5.92 Å². The summed E-state index contributed by atoms with van der Waals surface area (Å²) in [6.45, 7) is 0. The molecular formula is C7H7FN2O3. The van der Waals surface area contributed by atoms with Crippen LogP contribution in [0.15, 0.2) is 0 Å². The van der Waals surface area contributed by atoms with E-state index in [4.69, 9.17) is 0 Å². The molecule has 1 heterocycles. The fraction of sp³-hybridized carbons (Fsp3) is 0.571. The molecule has 0 radical (unpaired) electrons. The molecule has 6 heteroatoms. The van der Waals surface area contributed by atoms with E-state index in [1.807, 2.05) is 0 Å². The van der Waals surface area contributed by atoms with Gasteiger partial charge in [0.1, 0.15) is 0 Å². The first-order chi connectivity index (χ1) is 6.05. The summed E-state index contributed by atoms with van der Waals surface area (Å²) in [5.74, 6) is -2.84. The first kappa shape index (κ1) is 8.15. The van der Waals surface area contributed by atoms with Gasteiger partial charge in [0.2, 0.25) is 0 Å². The molecule has 0 unspecified atom stereocenters. The van der Waals surface area contributed by atoms with Gasteiger partial charge in [-0.25, -0.2) is 9.18 Å². The monoisotopic (exact) mass is 186 g/mol. The highest BCUT2D eigenvalue weighted by Crippen LogP contribution is 2.43. The van der Waals surface area contributed by atoms with E-state index < -0.39 is 29.4 Å². The van der Waals surface area contributed by atoms with E-state index in [9.17, 15) is 18.8 Å². The van der Waals surface area contributed by atoms with Crippen molar-refractivity contribution in [3.63, 3.8) is 0 Å². The molecule has 5 nitrogen and oxygen atoms in total. The predicted octanol–water partition coefficient (Wildman–Crippen LogP) is -0.529. The van der Waals surface area contributed by atoms with Crippen LogP contribution in [0.25, 0.3) is 0 Å². The summed E-state index contributed by atoms with van der Waals surface area (Å²) in [6, 6.07) is -0.955. The van der Waals surface area contributed by atoms with E-state index in [0.29, 0.717) is 12.8 Å². The summed E-state index contributed by atoms with van der Waals surface area (Å²) < 4.78 is 13.7. The zero-order valence-electron chi connectivity index (χ0n) is 6.59. The number of nitrogens with one attached hydrogen (secondary N) is 2. The average molecular weight is 186 g/mol. The van der Waals surface area contributed by atoms with E-state index in [2.05, 4.69) is 0 Å². The first-order valence-electron chi connectivity index (χ1n) is 3.91. The molecule has 2 N–H and O–H groups in total. The molecule has 70 valence electrons. The molecule has 13 heavy (non-hydrogen) atoms. The van der Waals surface area contributed by atoms with Gasteiger partial charge in [-0.05, 0) is 12.8 Å². The maximum Gasteiger partial charge on any atom is 0.328 e. The summed E-state index contributed by atoms with van der Waals surface area (Å²) >= 11 is 0. The largest absolute Gasteiger partial charge is 0.328 e. The number of barbiturate groups is 1. The highest BCUT2D eigenvalue weighted by atomic mass is 19.1. The number of urea groups is 1. The number of carbonyl (C=O) groups excluding carboxylic acids is 3. The minimum absolute atomic E-state index is 0.505. The van der Waals surface area contributed by atoms with Gasteiger partial charge in [-0.3, -0.25) is 20.2 Å². The molecule has 0 atom stereocenters. The molecule has 0 spiro atoms.